The summed E-state index contributed by atoms with van der Waals surface area (Å²) in [6.45, 7) is 2.15. The molecule has 0 aromatic heterocycles. The van der Waals surface area contributed by atoms with Gasteiger partial charge in [-0.3, -0.25) is 0 Å². The first kappa shape index (κ1) is 6.33. The van der Waals surface area contributed by atoms with Crippen molar-refractivity contribution < 1.29 is 0 Å². The van der Waals surface area contributed by atoms with Gasteiger partial charge in [0.05, 0.1) is 0 Å². The smallest absolute Gasteiger partial charge is 0.00885 e. The summed E-state index contributed by atoms with van der Waals surface area (Å²) >= 11 is 2.39. The predicted octanol–water partition coefficient (Wildman–Crippen LogP) is 3.05. The van der Waals surface area contributed by atoms with E-state index in [1.165, 1.54) is 22.0 Å². The minimum absolute atomic E-state index is 1.24. The molecule has 0 aromatic rings. The second-order valence-electron chi connectivity index (χ2n) is 2.08. The average Bonchev–Trinajstić information content (AvgIpc) is 1.64. The van der Waals surface area contributed by atoms with Crippen LogP contribution in [0, 0.1) is 0 Å². The van der Waals surface area contributed by atoms with Gasteiger partial charge in [-0.05, 0) is 45.9 Å². The van der Waals surface area contributed by atoms with Crippen molar-refractivity contribution >= 4 is 22.6 Å². The monoisotopic (exact) mass is 220 g/mol. The van der Waals surface area contributed by atoms with Crippen molar-refractivity contribution in [2.45, 2.75) is 19.8 Å². The zero-order valence-corrected chi connectivity index (χ0v) is 7.10. The molecule has 0 amide bonds. The van der Waals surface area contributed by atoms with Crippen molar-refractivity contribution in [2.24, 2.45) is 0 Å². The molecule has 0 aromatic carbocycles. The third kappa shape index (κ3) is 1.62. The summed E-state index contributed by atoms with van der Waals surface area (Å²) in [4.78, 5) is 0. The molecule has 0 N–H and O–H groups in total. The molecule has 0 aliphatic heterocycles. The van der Waals surface area contributed by atoms with Crippen molar-refractivity contribution in [3.05, 3.63) is 21.3 Å². The Labute approximate surface area is 63.8 Å². The van der Waals surface area contributed by atoms with E-state index in [2.05, 4.69) is 41.7 Å². The van der Waals surface area contributed by atoms with Crippen LogP contribution in [0.15, 0.2) is 21.3 Å². The Hall–Kier alpha value is 0.210. The maximum Gasteiger partial charge on any atom is -0.00885 e. The second kappa shape index (κ2) is 2.67. The van der Waals surface area contributed by atoms with E-state index in [1.807, 2.05) is 0 Å². The lowest BCUT2D eigenvalue weighted by Crippen LogP contribution is -1.81. The molecule has 0 unspecified atom stereocenters. The molecule has 8 heavy (non-hydrogen) atoms. The molecule has 0 saturated carbocycles. The van der Waals surface area contributed by atoms with Gasteiger partial charge in [-0.2, -0.15) is 0 Å². The highest BCUT2D eigenvalue weighted by Crippen LogP contribution is 2.21. The largest absolute Gasteiger partial charge is 0.0812 e. The molecule has 44 valence electrons. The standard InChI is InChI=1S/C7H9I/c1-6-3-2-4-7(8)5-6/h3,5H,2,4H2,1H3. The lowest BCUT2D eigenvalue weighted by Gasteiger charge is -2.03. The minimum Gasteiger partial charge on any atom is -0.0812 e. The fourth-order valence-corrected chi connectivity index (χ4v) is 1.62. The molecule has 0 spiro atoms. The van der Waals surface area contributed by atoms with E-state index >= 15 is 0 Å². The first-order valence-electron chi connectivity index (χ1n) is 2.82. The number of allylic oxidation sites excluding steroid dienone is 4. The van der Waals surface area contributed by atoms with Gasteiger partial charge in [0.2, 0.25) is 0 Å². The summed E-state index contributed by atoms with van der Waals surface area (Å²) in [6.07, 6.45) is 7.00. The zero-order chi connectivity index (χ0) is 5.98. The topological polar surface area (TPSA) is 0 Å². The molecule has 0 heterocycles. The SMILES string of the molecule is CC1=CCCC(I)=C1. The summed E-state index contributed by atoms with van der Waals surface area (Å²) in [7, 11) is 0. The Morgan fingerprint density at radius 3 is 2.75 bits per heavy atom. The highest BCUT2D eigenvalue weighted by molar-refractivity contribution is 14.1. The van der Waals surface area contributed by atoms with Crippen LogP contribution >= 0.6 is 22.6 Å². The van der Waals surface area contributed by atoms with Crippen LogP contribution in [0.25, 0.3) is 0 Å². The minimum atomic E-state index is 1.24. The Morgan fingerprint density at radius 2 is 2.38 bits per heavy atom. The number of hydrogen-bond acceptors (Lipinski definition) is 0. The number of hydrogen-bond donors (Lipinski definition) is 0. The van der Waals surface area contributed by atoms with E-state index < -0.39 is 0 Å². The average molecular weight is 220 g/mol. The molecule has 1 aliphatic rings. The van der Waals surface area contributed by atoms with Crippen molar-refractivity contribution in [3.8, 4) is 0 Å². The molecule has 0 nitrogen and oxygen atoms in total. The summed E-state index contributed by atoms with van der Waals surface area (Å²) in [5.41, 5.74) is 1.42. The lowest BCUT2D eigenvalue weighted by molar-refractivity contribution is 1.01. The van der Waals surface area contributed by atoms with Crippen molar-refractivity contribution in [1.82, 2.24) is 0 Å². The third-order valence-corrected chi connectivity index (χ3v) is 2.08. The number of halogens is 1. The third-order valence-electron chi connectivity index (χ3n) is 1.23. The quantitative estimate of drug-likeness (QED) is 0.550. The normalized spacial score (nSPS) is 19.8. The molecule has 0 atom stereocenters. The Morgan fingerprint density at radius 1 is 1.62 bits per heavy atom. The molecule has 1 rings (SSSR count). The van der Waals surface area contributed by atoms with Gasteiger partial charge in [0.25, 0.3) is 0 Å². The Kier molecular flexibility index (Phi) is 2.11. The van der Waals surface area contributed by atoms with Gasteiger partial charge in [-0.1, -0.05) is 17.7 Å². The van der Waals surface area contributed by atoms with Crippen LogP contribution < -0.4 is 0 Å². The van der Waals surface area contributed by atoms with E-state index in [9.17, 15) is 0 Å². The van der Waals surface area contributed by atoms with Crippen LogP contribution in [-0.2, 0) is 0 Å². The highest BCUT2D eigenvalue weighted by Gasteiger charge is 1.96. The van der Waals surface area contributed by atoms with E-state index in [0.717, 1.165) is 0 Å². The van der Waals surface area contributed by atoms with Crippen molar-refractivity contribution in [2.75, 3.05) is 0 Å². The van der Waals surface area contributed by atoms with E-state index in [0.29, 0.717) is 0 Å². The summed E-state index contributed by atoms with van der Waals surface area (Å²) in [6, 6.07) is 0. The van der Waals surface area contributed by atoms with E-state index in [-0.39, 0.29) is 0 Å². The summed E-state index contributed by atoms with van der Waals surface area (Å²) < 4.78 is 1.49. The zero-order valence-electron chi connectivity index (χ0n) is 4.95. The van der Waals surface area contributed by atoms with Gasteiger partial charge in [-0.15, -0.1) is 0 Å². The van der Waals surface area contributed by atoms with Crippen LogP contribution in [0.5, 0.6) is 0 Å². The van der Waals surface area contributed by atoms with E-state index in [1.54, 1.807) is 0 Å². The fourth-order valence-electron chi connectivity index (χ4n) is 0.816. The molecule has 1 aliphatic carbocycles. The first-order chi connectivity index (χ1) is 3.79. The predicted molar refractivity (Wildman–Crippen MR) is 45.1 cm³/mol. The van der Waals surface area contributed by atoms with E-state index in [4.69, 9.17) is 0 Å². The van der Waals surface area contributed by atoms with Crippen molar-refractivity contribution in [3.63, 3.8) is 0 Å². The summed E-state index contributed by atoms with van der Waals surface area (Å²) in [5, 5.41) is 0. The van der Waals surface area contributed by atoms with Crippen LogP contribution in [-0.4, -0.2) is 0 Å². The molecule has 0 bridgehead atoms. The molecule has 0 saturated heterocycles. The van der Waals surface area contributed by atoms with Crippen LogP contribution in [0.1, 0.15) is 19.8 Å². The van der Waals surface area contributed by atoms with Gasteiger partial charge < -0.3 is 0 Å². The van der Waals surface area contributed by atoms with Crippen LogP contribution in [0.3, 0.4) is 0 Å². The van der Waals surface area contributed by atoms with Gasteiger partial charge in [0.1, 0.15) is 0 Å². The summed E-state index contributed by atoms with van der Waals surface area (Å²) in [5.74, 6) is 0. The molecule has 0 radical (unpaired) electrons. The maximum absolute atomic E-state index is 2.39. The molecule has 1 heteroatoms. The second-order valence-corrected chi connectivity index (χ2v) is 3.46. The molecular weight excluding hydrogens is 211 g/mol. The molecule has 0 fully saturated rings. The highest BCUT2D eigenvalue weighted by atomic mass is 127. The lowest BCUT2D eigenvalue weighted by atomic mass is 10.1. The number of rotatable bonds is 0. The fraction of sp³-hybridized carbons (Fsp3) is 0.429. The Bertz CT molecular complexity index is 142. The van der Waals surface area contributed by atoms with Crippen LogP contribution in [0.4, 0.5) is 0 Å². The van der Waals surface area contributed by atoms with Gasteiger partial charge in [0.15, 0.2) is 0 Å². The van der Waals surface area contributed by atoms with Gasteiger partial charge >= 0.3 is 0 Å². The molecular formula is C7H9I. The van der Waals surface area contributed by atoms with Crippen molar-refractivity contribution in [1.29, 1.82) is 0 Å². The first-order valence-corrected chi connectivity index (χ1v) is 3.90. The van der Waals surface area contributed by atoms with Crippen LogP contribution in [0.2, 0.25) is 0 Å². The van der Waals surface area contributed by atoms with Gasteiger partial charge in [0, 0.05) is 0 Å². The maximum atomic E-state index is 2.39. The Balaban J connectivity index is 2.69. The van der Waals surface area contributed by atoms with Gasteiger partial charge in [-0.25, -0.2) is 0 Å².